The fourth-order valence-corrected chi connectivity index (χ4v) is 3.23. The first-order valence-electron chi connectivity index (χ1n) is 6.57. The molecule has 96 valence electrons. The molecule has 1 aromatic rings. The third kappa shape index (κ3) is 3.27. The Labute approximate surface area is 107 Å². The SMILES string of the molecule is CCc1nc(CNC2(CO)CCCCC2)cs1. The van der Waals surface area contributed by atoms with E-state index in [1.807, 2.05) is 0 Å². The van der Waals surface area contributed by atoms with Gasteiger partial charge in [-0.25, -0.2) is 4.98 Å². The minimum atomic E-state index is -0.0474. The van der Waals surface area contributed by atoms with Crippen molar-refractivity contribution in [3.63, 3.8) is 0 Å². The van der Waals surface area contributed by atoms with E-state index < -0.39 is 0 Å². The van der Waals surface area contributed by atoms with Crippen LogP contribution in [-0.2, 0) is 13.0 Å². The second-order valence-electron chi connectivity index (χ2n) is 4.94. The zero-order chi connectivity index (χ0) is 12.1. The van der Waals surface area contributed by atoms with Crippen LogP contribution < -0.4 is 5.32 Å². The van der Waals surface area contributed by atoms with Gasteiger partial charge in [-0.1, -0.05) is 26.2 Å². The Kier molecular flexibility index (Phi) is 4.54. The Hall–Kier alpha value is -0.450. The second-order valence-corrected chi connectivity index (χ2v) is 5.88. The highest BCUT2D eigenvalue weighted by molar-refractivity contribution is 7.09. The maximum Gasteiger partial charge on any atom is 0.0926 e. The van der Waals surface area contributed by atoms with Crippen LogP contribution in [0, 0.1) is 0 Å². The minimum Gasteiger partial charge on any atom is -0.394 e. The van der Waals surface area contributed by atoms with Gasteiger partial charge in [0.1, 0.15) is 0 Å². The maximum atomic E-state index is 9.59. The van der Waals surface area contributed by atoms with Crippen molar-refractivity contribution in [2.24, 2.45) is 0 Å². The summed E-state index contributed by atoms with van der Waals surface area (Å²) in [6.07, 6.45) is 6.95. The zero-order valence-electron chi connectivity index (χ0n) is 10.5. The first kappa shape index (κ1) is 13.0. The molecule has 0 aromatic carbocycles. The van der Waals surface area contributed by atoms with E-state index >= 15 is 0 Å². The van der Waals surface area contributed by atoms with Crippen molar-refractivity contribution in [2.45, 2.75) is 57.5 Å². The van der Waals surface area contributed by atoms with E-state index in [2.05, 4.69) is 22.6 Å². The van der Waals surface area contributed by atoms with Crippen molar-refractivity contribution in [2.75, 3.05) is 6.61 Å². The maximum absolute atomic E-state index is 9.59. The molecule has 3 nitrogen and oxygen atoms in total. The molecule has 0 aliphatic heterocycles. The van der Waals surface area contributed by atoms with Crippen molar-refractivity contribution in [1.29, 1.82) is 0 Å². The van der Waals surface area contributed by atoms with Gasteiger partial charge < -0.3 is 10.4 Å². The van der Waals surface area contributed by atoms with Gasteiger partial charge in [-0.15, -0.1) is 11.3 Å². The summed E-state index contributed by atoms with van der Waals surface area (Å²) in [7, 11) is 0. The molecule has 1 fully saturated rings. The van der Waals surface area contributed by atoms with Gasteiger partial charge in [0.05, 0.1) is 17.3 Å². The van der Waals surface area contributed by atoms with Crippen molar-refractivity contribution in [1.82, 2.24) is 10.3 Å². The van der Waals surface area contributed by atoms with Gasteiger partial charge in [0.2, 0.25) is 0 Å². The van der Waals surface area contributed by atoms with Crippen LogP contribution in [0.5, 0.6) is 0 Å². The fraction of sp³-hybridized carbons (Fsp3) is 0.769. The Bertz CT molecular complexity index is 345. The second kappa shape index (κ2) is 5.94. The van der Waals surface area contributed by atoms with Crippen LogP contribution in [0.3, 0.4) is 0 Å². The molecule has 0 amide bonds. The predicted molar refractivity (Wildman–Crippen MR) is 71.2 cm³/mol. The quantitative estimate of drug-likeness (QED) is 0.848. The molecule has 0 bridgehead atoms. The Morgan fingerprint density at radius 3 is 2.76 bits per heavy atom. The summed E-state index contributed by atoms with van der Waals surface area (Å²) in [5.41, 5.74) is 1.07. The van der Waals surface area contributed by atoms with E-state index in [1.165, 1.54) is 24.3 Å². The zero-order valence-corrected chi connectivity index (χ0v) is 11.4. The average molecular weight is 254 g/mol. The number of thiazole rings is 1. The molecule has 0 radical (unpaired) electrons. The molecule has 0 unspecified atom stereocenters. The van der Waals surface area contributed by atoms with Gasteiger partial charge in [0, 0.05) is 17.5 Å². The molecule has 1 aliphatic carbocycles. The molecule has 1 aromatic heterocycles. The molecule has 0 spiro atoms. The number of hydrogen-bond acceptors (Lipinski definition) is 4. The Morgan fingerprint density at radius 1 is 1.41 bits per heavy atom. The lowest BCUT2D eigenvalue weighted by molar-refractivity contribution is 0.119. The normalized spacial score (nSPS) is 19.4. The fourth-order valence-electron chi connectivity index (χ4n) is 2.49. The lowest BCUT2D eigenvalue weighted by Gasteiger charge is -2.36. The van der Waals surface area contributed by atoms with Gasteiger partial charge in [-0.3, -0.25) is 0 Å². The molecule has 4 heteroatoms. The molecule has 2 N–H and O–H groups in total. The lowest BCUT2D eigenvalue weighted by atomic mass is 9.82. The van der Waals surface area contributed by atoms with Crippen molar-refractivity contribution in [3.8, 4) is 0 Å². The summed E-state index contributed by atoms with van der Waals surface area (Å²) in [5.74, 6) is 0. The number of nitrogens with one attached hydrogen (secondary N) is 1. The Morgan fingerprint density at radius 2 is 2.18 bits per heavy atom. The van der Waals surface area contributed by atoms with Crippen molar-refractivity contribution >= 4 is 11.3 Å². The third-order valence-corrected chi connectivity index (χ3v) is 4.70. The van der Waals surface area contributed by atoms with Crippen LogP contribution in [0.15, 0.2) is 5.38 Å². The van der Waals surface area contributed by atoms with Gasteiger partial charge in [0.15, 0.2) is 0 Å². The Balaban J connectivity index is 1.90. The van der Waals surface area contributed by atoms with E-state index in [-0.39, 0.29) is 12.1 Å². The monoisotopic (exact) mass is 254 g/mol. The molecule has 1 aliphatic rings. The van der Waals surface area contributed by atoms with Crippen molar-refractivity contribution < 1.29 is 5.11 Å². The van der Waals surface area contributed by atoms with E-state index in [1.54, 1.807) is 11.3 Å². The van der Waals surface area contributed by atoms with Crippen molar-refractivity contribution in [3.05, 3.63) is 16.1 Å². The van der Waals surface area contributed by atoms with Gasteiger partial charge in [-0.05, 0) is 19.3 Å². The molecule has 0 atom stereocenters. The number of aliphatic hydroxyl groups is 1. The minimum absolute atomic E-state index is 0.0474. The van der Waals surface area contributed by atoms with Crippen LogP contribution >= 0.6 is 11.3 Å². The number of nitrogens with zero attached hydrogens (tertiary/aromatic N) is 1. The van der Waals surface area contributed by atoms with Crippen LogP contribution in [0.25, 0.3) is 0 Å². The first-order valence-corrected chi connectivity index (χ1v) is 7.45. The standard InChI is InChI=1S/C13H22N2OS/c1-2-12-15-11(9-17-12)8-14-13(10-16)6-4-3-5-7-13/h9,14,16H,2-8,10H2,1H3. The van der Waals surface area contributed by atoms with E-state index in [0.29, 0.717) is 0 Å². The first-order chi connectivity index (χ1) is 8.28. The number of aryl methyl sites for hydroxylation is 1. The van der Waals surface area contributed by atoms with Crippen LogP contribution in [0.4, 0.5) is 0 Å². The molecular weight excluding hydrogens is 232 g/mol. The molecule has 1 saturated carbocycles. The predicted octanol–water partition coefficient (Wildman–Crippen LogP) is 2.49. The summed E-state index contributed by atoms with van der Waals surface area (Å²) in [6.45, 7) is 3.17. The topological polar surface area (TPSA) is 45.2 Å². The smallest absolute Gasteiger partial charge is 0.0926 e. The number of hydrogen-bond donors (Lipinski definition) is 2. The van der Waals surface area contributed by atoms with Gasteiger partial charge >= 0.3 is 0 Å². The highest BCUT2D eigenvalue weighted by Gasteiger charge is 2.30. The van der Waals surface area contributed by atoms with Crippen LogP contribution in [0.2, 0.25) is 0 Å². The number of rotatable bonds is 5. The molecule has 2 rings (SSSR count). The molecule has 1 heterocycles. The van der Waals surface area contributed by atoms with E-state index in [0.717, 1.165) is 31.5 Å². The summed E-state index contributed by atoms with van der Waals surface area (Å²) in [6, 6.07) is 0. The molecular formula is C13H22N2OS. The summed E-state index contributed by atoms with van der Waals surface area (Å²) in [5, 5.41) is 16.4. The third-order valence-electron chi connectivity index (χ3n) is 3.66. The number of aliphatic hydroxyl groups excluding tert-OH is 1. The summed E-state index contributed by atoms with van der Waals surface area (Å²) >= 11 is 1.73. The largest absolute Gasteiger partial charge is 0.394 e. The average Bonchev–Trinajstić information content (AvgIpc) is 2.85. The highest BCUT2D eigenvalue weighted by Crippen LogP contribution is 2.28. The summed E-state index contributed by atoms with van der Waals surface area (Å²) in [4.78, 5) is 4.55. The van der Waals surface area contributed by atoms with E-state index in [4.69, 9.17) is 0 Å². The van der Waals surface area contributed by atoms with Gasteiger partial charge in [-0.2, -0.15) is 0 Å². The van der Waals surface area contributed by atoms with E-state index in [9.17, 15) is 5.11 Å². The molecule has 17 heavy (non-hydrogen) atoms. The lowest BCUT2D eigenvalue weighted by Crippen LogP contribution is -2.49. The highest BCUT2D eigenvalue weighted by atomic mass is 32.1. The number of aromatic nitrogens is 1. The molecule has 0 saturated heterocycles. The summed E-state index contributed by atoms with van der Waals surface area (Å²) < 4.78 is 0. The van der Waals surface area contributed by atoms with Gasteiger partial charge in [0.25, 0.3) is 0 Å². The van der Waals surface area contributed by atoms with Crippen LogP contribution in [-0.4, -0.2) is 22.2 Å². The van der Waals surface area contributed by atoms with Crippen LogP contribution in [0.1, 0.15) is 49.7 Å².